The first-order valence-electron chi connectivity index (χ1n) is 6.27. The van der Waals surface area contributed by atoms with E-state index in [-0.39, 0.29) is 24.4 Å². The molecule has 1 aliphatic heterocycles. The lowest BCUT2D eigenvalue weighted by atomic mass is 10.2. The Morgan fingerprint density at radius 3 is 3.00 bits per heavy atom. The predicted molar refractivity (Wildman–Crippen MR) is 74.4 cm³/mol. The van der Waals surface area contributed by atoms with Crippen molar-refractivity contribution in [2.45, 2.75) is 19.9 Å². The molecule has 19 heavy (non-hydrogen) atoms. The number of carbonyl (C=O) groups excluding carboxylic acids is 2. The quantitative estimate of drug-likeness (QED) is 0.893. The highest BCUT2D eigenvalue weighted by Crippen LogP contribution is 2.18. The van der Waals surface area contributed by atoms with Gasteiger partial charge in [0, 0.05) is 31.6 Å². The largest absolute Gasteiger partial charge is 0.362 e. The second-order valence-corrected chi connectivity index (χ2v) is 5.47. The average molecular weight is 282 g/mol. The number of thiazole rings is 1. The number of anilines is 1. The van der Waals surface area contributed by atoms with Gasteiger partial charge in [0.1, 0.15) is 12.2 Å². The summed E-state index contributed by atoms with van der Waals surface area (Å²) in [6.45, 7) is 5.36. The van der Waals surface area contributed by atoms with Gasteiger partial charge >= 0.3 is 0 Å². The number of aromatic nitrogens is 1. The molecule has 0 bridgehead atoms. The summed E-state index contributed by atoms with van der Waals surface area (Å²) in [6.07, 6.45) is 0. The number of rotatable bonds is 3. The van der Waals surface area contributed by atoms with E-state index in [1.54, 1.807) is 22.2 Å². The van der Waals surface area contributed by atoms with Crippen LogP contribution in [0.15, 0.2) is 5.38 Å². The highest BCUT2D eigenvalue weighted by atomic mass is 32.1. The minimum atomic E-state index is -0.172. The fourth-order valence-corrected chi connectivity index (χ4v) is 2.70. The van der Waals surface area contributed by atoms with Gasteiger partial charge in [-0.05, 0) is 13.8 Å². The van der Waals surface area contributed by atoms with Crippen molar-refractivity contribution >= 4 is 28.3 Å². The SMILES string of the molecule is CCNc1nc(C(=O)N2CC(=O)N(C)C(C)C2)cs1. The zero-order valence-electron chi connectivity index (χ0n) is 11.3. The molecular formula is C12H18N4O2S. The molecule has 1 unspecified atom stereocenters. The van der Waals surface area contributed by atoms with E-state index in [2.05, 4.69) is 10.3 Å². The molecule has 1 aromatic heterocycles. The van der Waals surface area contributed by atoms with Crippen LogP contribution in [-0.2, 0) is 4.79 Å². The summed E-state index contributed by atoms with van der Waals surface area (Å²) in [5, 5.41) is 5.54. The Kier molecular flexibility index (Phi) is 4.04. The summed E-state index contributed by atoms with van der Waals surface area (Å²) >= 11 is 1.40. The zero-order chi connectivity index (χ0) is 14.0. The topological polar surface area (TPSA) is 65.5 Å². The molecule has 1 aliphatic rings. The molecule has 0 spiro atoms. The fourth-order valence-electron chi connectivity index (χ4n) is 1.95. The normalized spacial score (nSPS) is 19.7. The van der Waals surface area contributed by atoms with Crippen LogP contribution in [0, 0.1) is 0 Å². The molecule has 7 heteroatoms. The van der Waals surface area contributed by atoms with Crippen molar-refractivity contribution in [1.82, 2.24) is 14.8 Å². The Balaban J connectivity index is 2.08. The molecular weight excluding hydrogens is 264 g/mol. The van der Waals surface area contributed by atoms with E-state index in [1.165, 1.54) is 11.3 Å². The molecule has 0 aliphatic carbocycles. The molecule has 1 N–H and O–H groups in total. The second-order valence-electron chi connectivity index (χ2n) is 4.61. The molecule has 1 aromatic rings. The van der Waals surface area contributed by atoms with Crippen molar-refractivity contribution in [2.75, 3.05) is 32.0 Å². The number of hydrogen-bond acceptors (Lipinski definition) is 5. The molecule has 6 nitrogen and oxygen atoms in total. The predicted octanol–water partition coefficient (Wildman–Crippen LogP) is 0.878. The number of nitrogens with zero attached hydrogens (tertiary/aromatic N) is 3. The summed E-state index contributed by atoms with van der Waals surface area (Å²) in [7, 11) is 1.76. The minimum absolute atomic E-state index is 0.0331. The van der Waals surface area contributed by atoms with E-state index in [9.17, 15) is 9.59 Å². The highest BCUT2D eigenvalue weighted by Gasteiger charge is 2.31. The van der Waals surface area contributed by atoms with Gasteiger partial charge in [-0.15, -0.1) is 11.3 Å². The van der Waals surface area contributed by atoms with Crippen LogP contribution in [-0.4, -0.2) is 59.3 Å². The van der Waals surface area contributed by atoms with Crippen LogP contribution in [0.4, 0.5) is 5.13 Å². The maximum absolute atomic E-state index is 12.3. The van der Waals surface area contributed by atoms with E-state index in [0.717, 1.165) is 11.7 Å². The molecule has 2 heterocycles. The standard InChI is InChI=1S/C12H18N4O2S/c1-4-13-12-14-9(7-19-12)11(18)16-5-8(2)15(3)10(17)6-16/h7-8H,4-6H2,1-3H3,(H,13,14). The zero-order valence-corrected chi connectivity index (χ0v) is 12.2. The monoisotopic (exact) mass is 282 g/mol. The van der Waals surface area contributed by atoms with E-state index >= 15 is 0 Å². The molecule has 2 rings (SSSR count). The Morgan fingerprint density at radius 2 is 2.37 bits per heavy atom. The molecule has 0 aromatic carbocycles. The molecule has 104 valence electrons. The summed E-state index contributed by atoms with van der Waals surface area (Å²) < 4.78 is 0. The molecule has 2 amide bonds. The Labute approximate surface area is 116 Å². The first kappa shape index (κ1) is 13.8. The van der Waals surface area contributed by atoms with Gasteiger partial charge in [-0.2, -0.15) is 0 Å². The van der Waals surface area contributed by atoms with Gasteiger partial charge in [0.2, 0.25) is 5.91 Å². The number of carbonyl (C=O) groups is 2. The highest BCUT2D eigenvalue weighted by molar-refractivity contribution is 7.13. The van der Waals surface area contributed by atoms with Crippen LogP contribution in [0.3, 0.4) is 0 Å². The van der Waals surface area contributed by atoms with Crippen LogP contribution in [0.1, 0.15) is 24.3 Å². The fraction of sp³-hybridized carbons (Fsp3) is 0.583. The average Bonchev–Trinajstić information content (AvgIpc) is 2.83. The van der Waals surface area contributed by atoms with Gasteiger partial charge in [-0.1, -0.05) is 0 Å². The maximum atomic E-state index is 12.3. The van der Waals surface area contributed by atoms with Crippen molar-refractivity contribution < 1.29 is 9.59 Å². The van der Waals surface area contributed by atoms with Crippen LogP contribution >= 0.6 is 11.3 Å². The first-order valence-corrected chi connectivity index (χ1v) is 7.15. The smallest absolute Gasteiger partial charge is 0.273 e. The van der Waals surface area contributed by atoms with Crippen LogP contribution in [0.2, 0.25) is 0 Å². The lowest BCUT2D eigenvalue weighted by Gasteiger charge is -2.36. The lowest BCUT2D eigenvalue weighted by Crippen LogP contribution is -2.55. The Hall–Kier alpha value is -1.63. The maximum Gasteiger partial charge on any atom is 0.273 e. The van der Waals surface area contributed by atoms with Crippen LogP contribution < -0.4 is 5.32 Å². The van der Waals surface area contributed by atoms with Gasteiger partial charge in [-0.3, -0.25) is 9.59 Å². The molecule has 1 saturated heterocycles. The van der Waals surface area contributed by atoms with Gasteiger partial charge in [0.15, 0.2) is 5.13 Å². The number of nitrogens with one attached hydrogen (secondary N) is 1. The molecule has 0 radical (unpaired) electrons. The lowest BCUT2D eigenvalue weighted by molar-refractivity contribution is -0.136. The third kappa shape index (κ3) is 2.86. The van der Waals surface area contributed by atoms with Crippen molar-refractivity contribution in [1.29, 1.82) is 0 Å². The number of hydrogen-bond donors (Lipinski definition) is 1. The van der Waals surface area contributed by atoms with E-state index in [0.29, 0.717) is 12.2 Å². The van der Waals surface area contributed by atoms with Gasteiger partial charge in [-0.25, -0.2) is 4.98 Å². The summed E-state index contributed by atoms with van der Waals surface area (Å²) in [6, 6.07) is 0.0390. The third-order valence-corrected chi connectivity index (χ3v) is 4.00. The van der Waals surface area contributed by atoms with Crippen molar-refractivity contribution in [3.63, 3.8) is 0 Å². The van der Waals surface area contributed by atoms with Crippen LogP contribution in [0.5, 0.6) is 0 Å². The first-order chi connectivity index (χ1) is 9.02. The Morgan fingerprint density at radius 1 is 1.63 bits per heavy atom. The minimum Gasteiger partial charge on any atom is -0.362 e. The summed E-state index contributed by atoms with van der Waals surface area (Å²) in [5.41, 5.74) is 0.408. The van der Waals surface area contributed by atoms with Gasteiger partial charge in [0.25, 0.3) is 5.91 Å². The number of likely N-dealkylation sites (N-methyl/N-ethyl adjacent to an activating group) is 1. The summed E-state index contributed by atoms with van der Waals surface area (Å²) in [4.78, 5) is 31.5. The van der Waals surface area contributed by atoms with Gasteiger partial charge in [0.05, 0.1) is 0 Å². The van der Waals surface area contributed by atoms with Crippen molar-refractivity contribution in [3.05, 3.63) is 11.1 Å². The molecule has 1 fully saturated rings. The molecule has 1 atom stereocenters. The molecule has 0 saturated carbocycles. The van der Waals surface area contributed by atoms with Crippen molar-refractivity contribution in [3.8, 4) is 0 Å². The van der Waals surface area contributed by atoms with Gasteiger partial charge < -0.3 is 15.1 Å². The summed E-state index contributed by atoms with van der Waals surface area (Å²) in [5.74, 6) is -0.206. The second kappa shape index (κ2) is 5.56. The number of piperazine rings is 1. The van der Waals surface area contributed by atoms with Crippen LogP contribution in [0.25, 0.3) is 0 Å². The number of amides is 2. The van der Waals surface area contributed by atoms with E-state index < -0.39 is 0 Å². The van der Waals surface area contributed by atoms with Crippen molar-refractivity contribution in [2.24, 2.45) is 0 Å². The Bertz CT molecular complexity index is 488. The third-order valence-electron chi connectivity index (χ3n) is 3.20. The van der Waals surface area contributed by atoms with E-state index in [4.69, 9.17) is 0 Å². The van der Waals surface area contributed by atoms with E-state index in [1.807, 2.05) is 13.8 Å².